The highest BCUT2D eigenvalue weighted by Gasteiger charge is 2.39. The van der Waals surface area contributed by atoms with Gasteiger partial charge in [-0.25, -0.2) is 0 Å². The minimum absolute atomic E-state index is 0.225. The van der Waals surface area contributed by atoms with Gasteiger partial charge in [-0.05, 0) is 248 Å². The van der Waals surface area contributed by atoms with Gasteiger partial charge >= 0.3 is 0 Å². The zero-order valence-corrected chi connectivity index (χ0v) is 54.4. The van der Waals surface area contributed by atoms with E-state index in [4.69, 9.17) is 0 Å². The first-order valence-corrected chi connectivity index (χ1v) is 33.3. The van der Waals surface area contributed by atoms with Crippen LogP contribution in [0.25, 0.3) is 154 Å². The third-order valence-electron chi connectivity index (χ3n) is 21.7. The van der Waals surface area contributed by atoms with Crippen LogP contribution in [-0.4, -0.2) is 0 Å². The fourth-order valence-corrected chi connectivity index (χ4v) is 16.9. The van der Waals surface area contributed by atoms with Crippen LogP contribution in [0.4, 0.5) is 0 Å². The maximum atomic E-state index is 2.53. The van der Waals surface area contributed by atoms with E-state index < -0.39 is 0 Å². The van der Waals surface area contributed by atoms with Crippen molar-refractivity contribution in [1.82, 2.24) is 0 Å². The molecular weight excluding hydrogens is 1110 g/mol. The number of rotatable bonds is 8. The van der Waals surface area contributed by atoms with Gasteiger partial charge < -0.3 is 0 Å². The molecule has 0 nitrogen and oxygen atoms in total. The summed E-state index contributed by atoms with van der Waals surface area (Å²) in [6.07, 6.45) is 0. The van der Waals surface area contributed by atoms with Crippen LogP contribution in [0.3, 0.4) is 0 Å². The maximum absolute atomic E-state index is 2.53. The van der Waals surface area contributed by atoms with Gasteiger partial charge in [0.1, 0.15) is 0 Å². The quantitative estimate of drug-likeness (QED) is 0.133. The first kappa shape index (κ1) is 55.9. The molecule has 0 bridgehead atoms. The molecule has 92 heavy (non-hydrogen) atoms. The molecule has 0 saturated carbocycles. The monoisotopic (exact) mass is 1180 g/mol. The SMILES string of the molecule is Cc1cccc2c(-c3ccc4c(c3)C(C)(C)c3cc(-c5ccc6c(c5)C(C)(C)c5cc(-c7c8ccccc8c(-c8c9ccccc9c(-c9ccc(C(C)C)cc9)c9c(C)cccc89)c8ccccc78)ccc5-6)ccc3-4)c3ccccc3c(-c3ccc(C(C)C)cc3)c12. The summed E-state index contributed by atoms with van der Waals surface area (Å²) in [5, 5.41) is 15.4. The van der Waals surface area contributed by atoms with Crippen molar-refractivity contribution >= 4 is 64.6 Å². The molecule has 0 heteroatoms. The summed E-state index contributed by atoms with van der Waals surface area (Å²) in [6.45, 7) is 23.4. The van der Waals surface area contributed by atoms with Crippen LogP contribution >= 0.6 is 0 Å². The topological polar surface area (TPSA) is 0 Å². The molecule has 0 saturated heterocycles. The van der Waals surface area contributed by atoms with Gasteiger partial charge in [0.25, 0.3) is 0 Å². The molecule has 17 rings (SSSR count). The molecule has 15 aromatic carbocycles. The number of aryl methyl sites for hydroxylation is 2. The van der Waals surface area contributed by atoms with Crippen LogP contribution in [0.15, 0.2) is 255 Å². The first-order valence-electron chi connectivity index (χ1n) is 33.3. The van der Waals surface area contributed by atoms with Crippen molar-refractivity contribution < 1.29 is 0 Å². The van der Waals surface area contributed by atoms with E-state index in [2.05, 4.69) is 324 Å². The van der Waals surface area contributed by atoms with Crippen LogP contribution in [-0.2, 0) is 10.8 Å². The molecule has 442 valence electrons. The zero-order valence-electron chi connectivity index (χ0n) is 54.4. The highest BCUT2D eigenvalue weighted by atomic mass is 14.4. The summed E-state index contributed by atoms with van der Waals surface area (Å²) in [7, 11) is 0. The van der Waals surface area contributed by atoms with Crippen molar-refractivity contribution in [2.45, 2.75) is 91.9 Å². The lowest BCUT2D eigenvalue weighted by Crippen LogP contribution is -2.15. The predicted octanol–water partition coefficient (Wildman–Crippen LogP) is 26.1. The Morgan fingerprint density at radius 2 is 0.478 bits per heavy atom. The summed E-state index contributed by atoms with van der Waals surface area (Å²) in [5.41, 5.74) is 31.0. The standard InChI is InChI=1S/C92H74/c1-53(2)57-33-37-59(38-34-57)87-72-26-14-11-23-69(72)86(77-31-19-21-55(5)83(77)87)64-44-48-68-66-46-42-62(50-80(66)92(9,10)82(68)52-64)61-41-45-65-67-47-43-63(51-81(67)91(7,8)79(65)49-61)85-70-24-12-16-28-74(70)89(75-29-17-13-25-71(75)85)90-76-30-18-15-27-73(76)88(84-56(6)22-20-32-78(84)90)60-39-35-58(36-40-60)54(3)4/h11-54H,1-10H3. The van der Waals surface area contributed by atoms with Gasteiger partial charge in [-0.3, -0.25) is 0 Å². The minimum atomic E-state index is -0.249. The third kappa shape index (κ3) is 8.22. The van der Waals surface area contributed by atoms with Crippen LogP contribution < -0.4 is 0 Å². The average Bonchev–Trinajstić information content (AvgIpc) is 0.986. The van der Waals surface area contributed by atoms with E-state index in [1.165, 1.54) is 198 Å². The van der Waals surface area contributed by atoms with E-state index in [0.717, 1.165) is 0 Å². The van der Waals surface area contributed by atoms with Crippen molar-refractivity contribution in [3.8, 4) is 89.0 Å². The zero-order chi connectivity index (χ0) is 62.6. The molecule has 0 amide bonds. The van der Waals surface area contributed by atoms with Crippen molar-refractivity contribution in [3.05, 3.63) is 299 Å². The lowest BCUT2D eigenvalue weighted by Gasteiger charge is -2.25. The molecule has 2 aliphatic carbocycles. The summed E-state index contributed by atoms with van der Waals surface area (Å²) >= 11 is 0. The van der Waals surface area contributed by atoms with Crippen molar-refractivity contribution in [1.29, 1.82) is 0 Å². The van der Waals surface area contributed by atoms with Crippen LogP contribution in [0, 0.1) is 13.8 Å². The Morgan fingerprint density at radius 1 is 0.228 bits per heavy atom. The lowest BCUT2D eigenvalue weighted by molar-refractivity contribution is 0.660. The van der Waals surface area contributed by atoms with Gasteiger partial charge in [0, 0.05) is 10.8 Å². The Labute approximate surface area is 541 Å². The minimum Gasteiger partial charge on any atom is -0.0616 e. The van der Waals surface area contributed by atoms with Crippen molar-refractivity contribution in [2.24, 2.45) is 0 Å². The summed E-state index contributed by atoms with van der Waals surface area (Å²) in [4.78, 5) is 0. The summed E-state index contributed by atoms with van der Waals surface area (Å²) in [6, 6.07) is 98.3. The Bertz CT molecular complexity index is 5570. The van der Waals surface area contributed by atoms with Gasteiger partial charge in [0.15, 0.2) is 0 Å². The Balaban J connectivity index is 0.745. The molecule has 0 unspecified atom stereocenters. The fraction of sp³-hybridized carbons (Fsp3) is 0.152. The number of hydrogen-bond acceptors (Lipinski definition) is 0. The molecule has 0 aromatic heterocycles. The second-order valence-corrected chi connectivity index (χ2v) is 28.3. The largest absolute Gasteiger partial charge is 0.0616 e. The van der Waals surface area contributed by atoms with Gasteiger partial charge in [0.05, 0.1) is 0 Å². The van der Waals surface area contributed by atoms with Gasteiger partial charge in [-0.2, -0.15) is 0 Å². The second kappa shape index (κ2) is 20.7. The van der Waals surface area contributed by atoms with Crippen molar-refractivity contribution in [2.75, 3.05) is 0 Å². The molecular formula is C92H74. The molecule has 15 aromatic rings. The third-order valence-corrected chi connectivity index (χ3v) is 21.7. The molecule has 2 aliphatic rings. The van der Waals surface area contributed by atoms with Crippen LogP contribution in [0.5, 0.6) is 0 Å². The van der Waals surface area contributed by atoms with E-state index in [1.807, 2.05) is 0 Å². The maximum Gasteiger partial charge on any atom is 0.0159 e. The van der Waals surface area contributed by atoms with E-state index in [-0.39, 0.29) is 10.8 Å². The van der Waals surface area contributed by atoms with E-state index >= 15 is 0 Å². The number of hydrogen-bond donors (Lipinski definition) is 0. The Morgan fingerprint density at radius 3 is 0.815 bits per heavy atom. The van der Waals surface area contributed by atoms with E-state index in [1.54, 1.807) is 0 Å². The van der Waals surface area contributed by atoms with E-state index in [0.29, 0.717) is 11.8 Å². The molecule has 0 heterocycles. The van der Waals surface area contributed by atoms with Gasteiger partial charge in [-0.1, -0.05) is 286 Å². The van der Waals surface area contributed by atoms with Gasteiger partial charge in [0.2, 0.25) is 0 Å². The first-order chi connectivity index (χ1) is 44.6. The summed E-state index contributed by atoms with van der Waals surface area (Å²) in [5.74, 6) is 0.949. The molecule has 0 aliphatic heterocycles. The number of fused-ring (bicyclic) bond motifs is 12. The fourth-order valence-electron chi connectivity index (χ4n) is 16.9. The van der Waals surface area contributed by atoms with E-state index in [9.17, 15) is 0 Å². The molecule has 0 fully saturated rings. The second-order valence-electron chi connectivity index (χ2n) is 28.3. The average molecular weight is 1180 g/mol. The van der Waals surface area contributed by atoms with Gasteiger partial charge in [-0.15, -0.1) is 0 Å². The summed E-state index contributed by atoms with van der Waals surface area (Å²) < 4.78 is 0. The molecule has 0 N–H and O–H groups in total. The molecule has 0 spiro atoms. The Kier molecular flexibility index (Phi) is 12.6. The number of benzene rings is 15. The Hall–Kier alpha value is -10.1. The van der Waals surface area contributed by atoms with Crippen LogP contribution in [0.2, 0.25) is 0 Å². The smallest absolute Gasteiger partial charge is 0.0159 e. The highest BCUT2D eigenvalue weighted by molar-refractivity contribution is 6.30. The van der Waals surface area contributed by atoms with Crippen molar-refractivity contribution in [3.63, 3.8) is 0 Å². The molecule has 0 radical (unpaired) electrons. The lowest BCUT2D eigenvalue weighted by atomic mass is 9.78. The predicted molar refractivity (Wildman–Crippen MR) is 397 cm³/mol. The highest BCUT2D eigenvalue weighted by Crippen LogP contribution is 2.57. The molecule has 0 atom stereocenters. The normalized spacial score (nSPS) is 13.7. The van der Waals surface area contributed by atoms with Crippen LogP contribution in [0.1, 0.15) is 112 Å².